The number of carbonyl (C=O) groups is 1. The Balaban J connectivity index is 1.49. The Morgan fingerprint density at radius 1 is 1.16 bits per heavy atom. The van der Waals surface area contributed by atoms with Crippen LogP contribution in [0.15, 0.2) is 67.6 Å². The summed E-state index contributed by atoms with van der Waals surface area (Å²) in [5.74, 6) is 2.00. The lowest BCUT2D eigenvalue weighted by Gasteiger charge is -2.13. The van der Waals surface area contributed by atoms with Crippen LogP contribution in [-0.2, 0) is 4.79 Å². The lowest BCUT2D eigenvalue weighted by Crippen LogP contribution is -2.26. The number of hydrogen-bond donors (Lipinski definition) is 1. The minimum atomic E-state index is -0.0671. The molecule has 1 unspecified atom stereocenters. The molecule has 4 aromatic rings. The zero-order chi connectivity index (χ0) is 22.1. The van der Waals surface area contributed by atoms with E-state index in [-0.39, 0.29) is 11.8 Å². The van der Waals surface area contributed by atoms with Crippen LogP contribution in [0.3, 0.4) is 0 Å². The number of anilines is 1. The molecule has 1 amide bonds. The van der Waals surface area contributed by atoms with E-state index >= 15 is 0 Å². The lowest BCUT2D eigenvalue weighted by molar-refractivity contribution is -0.125. The molecular formula is C23H21N7O2. The number of hydrogen-bond acceptors (Lipinski definition) is 7. The monoisotopic (exact) mass is 427 g/mol. The van der Waals surface area contributed by atoms with Crippen LogP contribution in [0, 0.1) is 0 Å². The molecule has 1 saturated heterocycles. The molecule has 5 rings (SSSR count). The molecule has 1 fully saturated rings. The van der Waals surface area contributed by atoms with Gasteiger partial charge in [-0.2, -0.15) is 0 Å². The van der Waals surface area contributed by atoms with Crippen LogP contribution in [0.25, 0.3) is 17.0 Å². The first-order chi connectivity index (χ1) is 15.6. The van der Waals surface area contributed by atoms with Gasteiger partial charge >= 0.3 is 0 Å². The van der Waals surface area contributed by atoms with E-state index in [1.54, 1.807) is 34.0 Å². The van der Waals surface area contributed by atoms with Gasteiger partial charge in [0.1, 0.15) is 11.4 Å². The fraction of sp³-hybridized carbons (Fsp3) is 0.174. The molecule has 5 heterocycles. The Kier molecular flexibility index (Phi) is 4.98. The van der Waals surface area contributed by atoms with Crippen LogP contribution >= 0.6 is 0 Å². The maximum Gasteiger partial charge on any atom is 0.245 e. The van der Waals surface area contributed by atoms with Gasteiger partial charge in [0.05, 0.1) is 17.4 Å². The fourth-order valence-electron chi connectivity index (χ4n) is 3.97. The zero-order valence-electron chi connectivity index (χ0n) is 17.3. The van der Waals surface area contributed by atoms with E-state index in [0.29, 0.717) is 42.2 Å². The van der Waals surface area contributed by atoms with Gasteiger partial charge in [-0.25, -0.2) is 19.9 Å². The van der Waals surface area contributed by atoms with E-state index in [9.17, 15) is 4.79 Å². The lowest BCUT2D eigenvalue weighted by atomic mass is 10.0. The number of ether oxygens (including phenoxy) is 1. The third-order valence-corrected chi connectivity index (χ3v) is 5.50. The molecule has 4 aromatic heterocycles. The van der Waals surface area contributed by atoms with Crippen LogP contribution in [-0.4, -0.2) is 48.2 Å². The van der Waals surface area contributed by atoms with Gasteiger partial charge in [0.15, 0.2) is 5.82 Å². The minimum absolute atomic E-state index is 0.0671. The van der Waals surface area contributed by atoms with E-state index in [0.717, 1.165) is 17.6 Å². The Morgan fingerprint density at radius 2 is 2.06 bits per heavy atom. The summed E-state index contributed by atoms with van der Waals surface area (Å²) in [4.78, 5) is 31.6. The standard InChI is InChI=1S/C23H21N7O2/c1-2-20(31)29-12-9-15(14-29)21-18-8-11-26-23(24)30(18)22(28-21)17-7-6-16(13-27-17)32-19-5-3-4-10-25-19/h2-8,10-11,13,15H,1,9,12,14H2,(H2,24,26). The number of fused-ring (bicyclic) bond motifs is 1. The van der Waals surface area contributed by atoms with Crippen LogP contribution in [0.5, 0.6) is 11.6 Å². The first kappa shape index (κ1) is 19.7. The number of amides is 1. The number of aromatic nitrogens is 5. The third kappa shape index (κ3) is 3.53. The highest BCUT2D eigenvalue weighted by Gasteiger charge is 2.30. The molecule has 2 N–H and O–H groups in total. The topological polar surface area (TPSA) is 112 Å². The Hall–Kier alpha value is -4.27. The van der Waals surface area contributed by atoms with Crippen molar-refractivity contribution in [2.24, 2.45) is 0 Å². The predicted molar refractivity (Wildman–Crippen MR) is 119 cm³/mol. The maximum absolute atomic E-state index is 12.0. The molecule has 9 nitrogen and oxygen atoms in total. The SMILES string of the molecule is C=CC(=O)N1CCC(c2nc(-c3ccc(Oc4ccccn4)cn3)n3c(N)nccc23)C1. The van der Waals surface area contributed by atoms with Gasteiger partial charge in [-0.05, 0) is 36.8 Å². The highest BCUT2D eigenvalue weighted by Crippen LogP contribution is 2.33. The Morgan fingerprint density at radius 3 is 2.81 bits per heavy atom. The van der Waals surface area contributed by atoms with Crippen molar-refractivity contribution in [2.45, 2.75) is 12.3 Å². The van der Waals surface area contributed by atoms with Crippen LogP contribution in [0.4, 0.5) is 5.95 Å². The number of nitrogens with zero attached hydrogens (tertiary/aromatic N) is 6. The molecule has 0 bridgehead atoms. The number of carbonyl (C=O) groups excluding carboxylic acids is 1. The molecule has 1 aliphatic rings. The summed E-state index contributed by atoms with van der Waals surface area (Å²) < 4.78 is 7.53. The third-order valence-electron chi connectivity index (χ3n) is 5.50. The second-order valence-corrected chi connectivity index (χ2v) is 7.47. The van der Waals surface area contributed by atoms with Crippen molar-refractivity contribution < 1.29 is 9.53 Å². The molecule has 0 spiro atoms. The first-order valence-electron chi connectivity index (χ1n) is 10.2. The molecule has 1 aliphatic heterocycles. The molecule has 160 valence electrons. The van der Waals surface area contributed by atoms with Gasteiger partial charge in [-0.3, -0.25) is 9.20 Å². The molecule has 0 radical (unpaired) electrons. The number of nitrogen functional groups attached to an aromatic ring is 1. The number of likely N-dealkylation sites (tertiary alicyclic amines) is 1. The highest BCUT2D eigenvalue weighted by molar-refractivity contribution is 5.87. The van der Waals surface area contributed by atoms with Crippen molar-refractivity contribution in [1.82, 2.24) is 29.2 Å². The van der Waals surface area contributed by atoms with Crippen LogP contribution in [0.2, 0.25) is 0 Å². The Labute approximate surface area is 184 Å². The van der Waals surface area contributed by atoms with Crippen LogP contribution in [0.1, 0.15) is 18.0 Å². The predicted octanol–water partition coefficient (Wildman–Crippen LogP) is 3.06. The van der Waals surface area contributed by atoms with Crippen molar-refractivity contribution in [2.75, 3.05) is 18.8 Å². The van der Waals surface area contributed by atoms with Crippen LogP contribution < -0.4 is 10.5 Å². The summed E-state index contributed by atoms with van der Waals surface area (Å²) in [5, 5.41) is 0. The van der Waals surface area contributed by atoms with Crippen molar-refractivity contribution in [3.05, 3.63) is 73.3 Å². The summed E-state index contributed by atoms with van der Waals surface area (Å²) in [6.45, 7) is 4.84. The van der Waals surface area contributed by atoms with E-state index < -0.39 is 0 Å². The molecule has 1 atom stereocenters. The second kappa shape index (κ2) is 8.10. The first-order valence-corrected chi connectivity index (χ1v) is 10.2. The summed E-state index contributed by atoms with van der Waals surface area (Å²) in [6, 6.07) is 11.0. The number of pyridine rings is 2. The van der Waals surface area contributed by atoms with E-state index in [1.165, 1.54) is 6.08 Å². The van der Waals surface area contributed by atoms with E-state index in [1.807, 2.05) is 30.3 Å². The van der Waals surface area contributed by atoms with E-state index in [4.69, 9.17) is 15.5 Å². The summed E-state index contributed by atoms with van der Waals surface area (Å²) in [7, 11) is 0. The summed E-state index contributed by atoms with van der Waals surface area (Å²) in [6.07, 6.45) is 7.12. The average molecular weight is 427 g/mol. The van der Waals surface area contributed by atoms with Gasteiger partial charge in [0.2, 0.25) is 17.7 Å². The van der Waals surface area contributed by atoms with Gasteiger partial charge in [0.25, 0.3) is 0 Å². The number of rotatable bonds is 5. The average Bonchev–Trinajstić information content (AvgIpc) is 3.46. The second-order valence-electron chi connectivity index (χ2n) is 7.47. The van der Waals surface area contributed by atoms with Crippen molar-refractivity contribution >= 4 is 17.4 Å². The van der Waals surface area contributed by atoms with Crippen molar-refractivity contribution in [1.29, 1.82) is 0 Å². The molecule has 9 heteroatoms. The van der Waals surface area contributed by atoms with Gasteiger partial charge in [-0.15, -0.1) is 0 Å². The summed E-state index contributed by atoms with van der Waals surface area (Å²) in [5.41, 5.74) is 8.59. The smallest absolute Gasteiger partial charge is 0.245 e. The summed E-state index contributed by atoms with van der Waals surface area (Å²) >= 11 is 0. The van der Waals surface area contributed by atoms with Gasteiger partial charge in [0, 0.05) is 37.5 Å². The number of imidazole rings is 1. The molecule has 0 aliphatic carbocycles. The number of nitrogens with two attached hydrogens (primary N) is 1. The highest BCUT2D eigenvalue weighted by atomic mass is 16.5. The maximum atomic E-state index is 12.0. The van der Waals surface area contributed by atoms with E-state index in [2.05, 4.69) is 21.5 Å². The van der Waals surface area contributed by atoms with Crippen molar-refractivity contribution in [3.8, 4) is 23.1 Å². The quantitative estimate of drug-likeness (QED) is 0.487. The Bertz CT molecular complexity index is 1290. The molecule has 0 aromatic carbocycles. The van der Waals surface area contributed by atoms with Gasteiger partial charge in [-0.1, -0.05) is 12.6 Å². The molecule has 0 saturated carbocycles. The van der Waals surface area contributed by atoms with Gasteiger partial charge < -0.3 is 15.4 Å². The van der Waals surface area contributed by atoms with Crippen molar-refractivity contribution in [3.63, 3.8) is 0 Å². The minimum Gasteiger partial charge on any atom is -0.437 e. The fourth-order valence-corrected chi connectivity index (χ4v) is 3.97. The largest absolute Gasteiger partial charge is 0.437 e. The molecule has 32 heavy (non-hydrogen) atoms. The zero-order valence-corrected chi connectivity index (χ0v) is 17.3. The molecular weight excluding hydrogens is 406 g/mol. The normalized spacial score (nSPS) is 15.8.